The zero-order chi connectivity index (χ0) is 19.4. The predicted molar refractivity (Wildman–Crippen MR) is 105 cm³/mol. The van der Waals surface area contributed by atoms with Gasteiger partial charge in [0.05, 0.1) is 11.5 Å². The molecule has 2 aliphatic heterocycles. The standard InChI is InChI=1S/C20H28N2O4S/c1-2-22(18-11-14-27(25,26)15-18)20(24)17-9-7-16(8-10-17)19(23)21-12-5-3-4-6-13-21/h7-10,18H,2-6,11-15H2,1H3. The summed E-state index contributed by atoms with van der Waals surface area (Å²) in [5.41, 5.74) is 1.09. The Morgan fingerprint density at radius 2 is 1.63 bits per heavy atom. The van der Waals surface area contributed by atoms with Gasteiger partial charge in [-0.2, -0.15) is 0 Å². The fourth-order valence-corrected chi connectivity index (χ4v) is 5.70. The van der Waals surface area contributed by atoms with E-state index >= 15 is 0 Å². The third-order valence-corrected chi connectivity index (χ3v) is 7.27. The average Bonchev–Trinajstić information content (AvgIpc) is 2.87. The molecule has 2 heterocycles. The van der Waals surface area contributed by atoms with Gasteiger partial charge in [-0.3, -0.25) is 9.59 Å². The van der Waals surface area contributed by atoms with Crippen LogP contribution in [0.5, 0.6) is 0 Å². The first kappa shape index (κ1) is 19.9. The third kappa shape index (κ3) is 4.69. The van der Waals surface area contributed by atoms with Crippen molar-refractivity contribution in [3.63, 3.8) is 0 Å². The van der Waals surface area contributed by atoms with Gasteiger partial charge in [-0.05, 0) is 50.5 Å². The van der Waals surface area contributed by atoms with Crippen LogP contribution in [0.25, 0.3) is 0 Å². The molecule has 1 aromatic rings. The summed E-state index contributed by atoms with van der Waals surface area (Å²) in [6, 6.07) is 6.52. The van der Waals surface area contributed by atoms with Crippen LogP contribution < -0.4 is 0 Å². The number of nitrogens with zero attached hydrogens (tertiary/aromatic N) is 2. The molecule has 0 aliphatic carbocycles. The summed E-state index contributed by atoms with van der Waals surface area (Å²) in [6.07, 6.45) is 4.91. The van der Waals surface area contributed by atoms with Gasteiger partial charge < -0.3 is 9.80 Å². The summed E-state index contributed by atoms with van der Waals surface area (Å²) < 4.78 is 23.5. The second-order valence-corrected chi connectivity index (χ2v) is 9.66. The molecule has 3 rings (SSSR count). The molecular formula is C20H28N2O4S. The average molecular weight is 393 g/mol. The van der Waals surface area contributed by atoms with Crippen LogP contribution >= 0.6 is 0 Å². The Morgan fingerprint density at radius 1 is 1.04 bits per heavy atom. The molecule has 0 spiro atoms. The quantitative estimate of drug-likeness (QED) is 0.788. The van der Waals surface area contributed by atoms with Gasteiger partial charge in [-0.15, -0.1) is 0 Å². The molecule has 1 unspecified atom stereocenters. The number of likely N-dealkylation sites (tertiary alicyclic amines) is 1. The third-order valence-electron chi connectivity index (χ3n) is 5.52. The first-order valence-electron chi connectivity index (χ1n) is 9.82. The van der Waals surface area contributed by atoms with Crippen molar-refractivity contribution in [1.82, 2.24) is 9.80 Å². The van der Waals surface area contributed by atoms with Crippen LogP contribution in [-0.4, -0.2) is 67.2 Å². The van der Waals surface area contributed by atoms with E-state index in [2.05, 4.69) is 0 Å². The molecule has 2 aliphatic rings. The molecule has 7 heteroatoms. The summed E-state index contributed by atoms with van der Waals surface area (Å²) in [5, 5.41) is 0. The molecule has 27 heavy (non-hydrogen) atoms. The highest BCUT2D eigenvalue weighted by Gasteiger charge is 2.34. The Bertz CT molecular complexity index is 781. The van der Waals surface area contributed by atoms with Crippen molar-refractivity contribution < 1.29 is 18.0 Å². The van der Waals surface area contributed by atoms with Gasteiger partial charge in [0, 0.05) is 36.8 Å². The van der Waals surface area contributed by atoms with Crippen molar-refractivity contribution in [2.75, 3.05) is 31.1 Å². The maximum Gasteiger partial charge on any atom is 0.254 e. The molecule has 2 saturated heterocycles. The number of hydrogen-bond donors (Lipinski definition) is 0. The van der Waals surface area contributed by atoms with Crippen molar-refractivity contribution in [3.05, 3.63) is 35.4 Å². The van der Waals surface area contributed by atoms with Crippen LogP contribution in [0.2, 0.25) is 0 Å². The Labute approximate surface area is 161 Å². The fourth-order valence-electron chi connectivity index (χ4n) is 3.97. The lowest BCUT2D eigenvalue weighted by Crippen LogP contribution is -2.41. The van der Waals surface area contributed by atoms with Crippen LogP contribution in [0, 0.1) is 0 Å². The first-order valence-corrected chi connectivity index (χ1v) is 11.6. The summed E-state index contributed by atoms with van der Waals surface area (Å²) in [7, 11) is -3.04. The molecule has 1 atom stereocenters. The topological polar surface area (TPSA) is 74.8 Å². The SMILES string of the molecule is CCN(C(=O)c1ccc(C(=O)N2CCCCCC2)cc1)C1CCS(=O)(=O)C1. The minimum absolute atomic E-state index is 0.0186. The number of amides is 2. The maximum atomic E-state index is 12.8. The fraction of sp³-hybridized carbons (Fsp3) is 0.600. The van der Waals surface area contributed by atoms with Crippen molar-refractivity contribution in [2.45, 2.75) is 45.1 Å². The van der Waals surface area contributed by atoms with E-state index in [1.807, 2.05) is 11.8 Å². The molecule has 0 saturated carbocycles. The van der Waals surface area contributed by atoms with Crippen molar-refractivity contribution in [1.29, 1.82) is 0 Å². The molecule has 1 aromatic carbocycles. The van der Waals surface area contributed by atoms with Crippen molar-refractivity contribution >= 4 is 21.7 Å². The van der Waals surface area contributed by atoms with Gasteiger partial charge in [0.1, 0.15) is 0 Å². The predicted octanol–water partition coefficient (Wildman–Crippen LogP) is 2.35. The van der Waals surface area contributed by atoms with Crippen LogP contribution in [0.4, 0.5) is 0 Å². The second kappa shape index (κ2) is 8.42. The smallest absolute Gasteiger partial charge is 0.254 e. The van der Waals surface area contributed by atoms with Crippen molar-refractivity contribution in [3.8, 4) is 0 Å². The summed E-state index contributed by atoms with van der Waals surface area (Å²) >= 11 is 0. The number of rotatable bonds is 4. The second-order valence-electron chi connectivity index (χ2n) is 7.43. The van der Waals surface area contributed by atoms with Crippen LogP contribution in [0.15, 0.2) is 24.3 Å². The Kier molecular flexibility index (Phi) is 6.19. The molecule has 0 aromatic heterocycles. The van der Waals surface area contributed by atoms with Crippen LogP contribution in [0.3, 0.4) is 0 Å². The molecule has 148 valence electrons. The van der Waals surface area contributed by atoms with E-state index in [-0.39, 0.29) is 29.4 Å². The normalized spacial score (nSPS) is 22.3. The molecule has 2 fully saturated rings. The van der Waals surface area contributed by atoms with E-state index in [0.717, 1.165) is 25.9 Å². The Balaban J connectivity index is 1.70. The van der Waals surface area contributed by atoms with Gasteiger partial charge in [0.15, 0.2) is 9.84 Å². The summed E-state index contributed by atoms with van der Waals surface area (Å²) in [5.74, 6) is 0.0292. The highest BCUT2D eigenvalue weighted by Crippen LogP contribution is 2.20. The molecule has 0 radical (unpaired) electrons. The Hall–Kier alpha value is -1.89. The lowest BCUT2D eigenvalue weighted by Gasteiger charge is -2.27. The van der Waals surface area contributed by atoms with Crippen LogP contribution in [-0.2, 0) is 9.84 Å². The number of hydrogen-bond acceptors (Lipinski definition) is 4. The van der Waals surface area contributed by atoms with E-state index in [1.54, 1.807) is 29.2 Å². The van der Waals surface area contributed by atoms with E-state index in [9.17, 15) is 18.0 Å². The minimum Gasteiger partial charge on any atom is -0.339 e. The number of sulfone groups is 1. The maximum absolute atomic E-state index is 12.8. The monoisotopic (exact) mass is 392 g/mol. The number of carbonyl (C=O) groups excluding carboxylic acids is 2. The number of benzene rings is 1. The van der Waals surface area contributed by atoms with Gasteiger partial charge in [0.25, 0.3) is 11.8 Å². The molecule has 2 amide bonds. The van der Waals surface area contributed by atoms with Gasteiger partial charge in [0.2, 0.25) is 0 Å². The zero-order valence-electron chi connectivity index (χ0n) is 15.9. The molecule has 6 nitrogen and oxygen atoms in total. The largest absolute Gasteiger partial charge is 0.339 e. The highest BCUT2D eigenvalue weighted by molar-refractivity contribution is 7.91. The Morgan fingerprint density at radius 3 is 2.15 bits per heavy atom. The lowest BCUT2D eigenvalue weighted by atomic mass is 10.1. The lowest BCUT2D eigenvalue weighted by molar-refractivity contribution is 0.0705. The number of carbonyl (C=O) groups is 2. The molecule has 0 bridgehead atoms. The first-order chi connectivity index (χ1) is 12.9. The minimum atomic E-state index is -3.04. The van der Waals surface area contributed by atoms with E-state index in [4.69, 9.17) is 0 Å². The summed E-state index contributed by atoms with van der Waals surface area (Å²) in [6.45, 7) is 3.91. The molecule has 0 N–H and O–H groups in total. The van der Waals surface area contributed by atoms with Crippen molar-refractivity contribution in [2.24, 2.45) is 0 Å². The zero-order valence-corrected chi connectivity index (χ0v) is 16.7. The van der Waals surface area contributed by atoms with Gasteiger partial charge in [-0.25, -0.2) is 8.42 Å². The van der Waals surface area contributed by atoms with E-state index in [0.29, 0.717) is 24.1 Å². The highest BCUT2D eigenvalue weighted by atomic mass is 32.2. The van der Waals surface area contributed by atoms with Crippen LogP contribution in [0.1, 0.15) is 59.7 Å². The van der Waals surface area contributed by atoms with Gasteiger partial charge >= 0.3 is 0 Å². The van der Waals surface area contributed by atoms with Gasteiger partial charge in [-0.1, -0.05) is 12.8 Å². The molecular weight excluding hydrogens is 364 g/mol. The summed E-state index contributed by atoms with van der Waals surface area (Å²) in [4.78, 5) is 29.0. The van der Waals surface area contributed by atoms with E-state index < -0.39 is 9.84 Å². The van der Waals surface area contributed by atoms with E-state index in [1.165, 1.54) is 12.8 Å².